The van der Waals surface area contributed by atoms with Gasteiger partial charge in [-0.05, 0) is 0 Å². The third-order valence-electron chi connectivity index (χ3n) is 1.61. The van der Waals surface area contributed by atoms with Gasteiger partial charge in [0.15, 0.2) is 0 Å². The summed E-state index contributed by atoms with van der Waals surface area (Å²) >= 11 is 1.69. The van der Waals surface area contributed by atoms with Crippen LogP contribution in [0.25, 0.3) is 0 Å². The monoisotopic (exact) mass is 267 g/mol. The predicted octanol–water partition coefficient (Wildman–Crippen LogP) is -0.249. The van der Waals surface area contributed by atoms with Crippen LogP contribution in [-0.2, 0) is 15.0 Å². The van der Waals surface area contributed by atoms with Crippen LogP contribution in [0.1, 0.15) is 0 Å². The molecule has 0 radical (unpaired) electrons. The summed E-state index contributed by atoms with van der Waals surface area (Å²) in [5.41, 5.74) is 0. The SMILES string of the molecule is CN(C)CC(O)[CH2][Cu][CH2]C(O)CN(C)C. The second-order valence-electron chi connectivity index (χ2n) is 4.23. The Morgan fingerprint density at radius 3 is 1.47 bits per heavy atom. The van der Waals surface area contributed by atoms with E-state index in [0.717, 1.165) is 0 Å². The van der Waals surface area contributed by atoms with Crippen molar-refractivity contribution < 1.29 is 25.2 Å². The summed E-state index contributed by atoms with van der Waals surface area (Å²) in [7, 11) is 7.75. The first-order chi connectivity index (χ1) is 6.91. The molecule has 2 N–H and O–H groups in total. The average molecular weight is 268 g/mol. The summed E-state index contributed by atoms with van der Waals surface area (Å²) in [4.78, 5) is 3.92. The van der Waals surface area contributed by atoms with E-state index in [9.17, 15) is 10.2 Å². The molecule has 0 saturated heterocycles. The number of aliphatic hydroxyl groups is 2. The molecule has 0 rings (SSSR count). The molecule has 2 atom stereocenters. The summed E-state index contributed by atoms with van der Waals surface area (Å²) in [6.45, 7) is 1.35. The van der Waals surface area contributed by atoms with Gasteiger partial charge in [0, 0.05) is 0 Å². The Balaban J connectivity index is 3.44. The zero-order valence-electron chi connectivity index (χ0n) is 10.1. The number of likely N-dealkylation sites (N-methyl/N-ethyl adjacent to an activating group) is 2. The van der Waals surface area contributed by atoms with E-state index >= 15 is 0 Å². The van der Waals surface area contributed by atoms with Crippen molar-refractivity contribution in [3.05, 3.63) is 0 Å². The molecule has 0 aromatic rings. The van der Waals surface area contributed by atoms with Crippen LogP contribution < -0.4 is 0 Å². The van der Waals surface area contributed by atoms with E-state index in [1.807, 2.05) is 38.0 Å². The van der Waals surface area contributed by atoms with Crippen molar-refractivity contribution in [2.24, 2.45) is 0 Å². The maximum absolute atomic E-state index is 9.56. The van der Waals surface area contributed by atoms with E-state index < -0.39 is 0 Å². The fourth-order valence-corrected chi connectivity index (χ4v) is 2.20. The summed E-state index contributed by atoms with van der Waals surface area (Å²) in [5, 5.41) is 20.5. The predicted molar refractivity (Wildman–Crippen MR) is 58.7 cm³/mol. The number of aliphatic hydroxyl groups excluding tert-OH is 2. The number of nitrogens with zero attached hydrogens (tertiary/aromatic N) is 2. The molecule has 97 valence electrons. The van der Waals surface area contributed by atoms with E-state index in [1.54, 1.807) is 15.0 Å². The molecule has 0 heterocycles. The van der Waals surface area contributed by atoms with E-state index in [4.69, 9.17) is 0 Å². The molecule has 2 unspecified atom stereocenters. The van der Waals surface area contributed by atoms with Crippen LogP contribution in [0.15, 0.2) is 0 Å². The molecule has 0 aliphatic heterocycles. The molecular weight excluding hydrogens is 244 g/mol. The topological polar surface area (TPSA) is 46.9 Å². The molecular formula is C10H24CuN2O2. The van der Waals surface area contributed by atoms with Gasteiger partial charge in [-0.2, -0.15) is 0 Å². The quantitative estimate of drug-likeness (QED) is 0.596. The second kappa shape index (κ2) is 8.50. The van der Waals surface area contributed by atoms with Crippen molar-refractivity contribution in [3.8, 4) is 0 Å². The van der Waals surface area contributed by atoms with Crippen molar-refractivity contribution in [1.29, 1.82) is 0 Å². The van der Waals surface area contributed by atoms with Crippen LogP contribution in [0, 0.1) is 0 Å². The molecule has 0 aromatic heterocycles. The Labute approximate surface area is 99.4 Å². The molecule has 5 heteroatoms. The number of hydrogen-bond acceptors (Lipinski definition) is 4. The Bertz CT molecular complexity index is 140. The first-order valence-corrected chi connectivity index (χ1v) is 6.33. The summed E-state index contributed by atoms with van der Waals surface area (Å²) in [6, 6.07) is 0. The standard InChI is InChI=1S/2C5H12NO.Cu/c2*1-5(7)4-6(2)3;/h2*5,7H,1,4H2,2-3H3;. The zero-order valence-corrected chi connectivity index (χ0v) is 11.0. The van der Waals surface area contributed by atoms with Gasteiger partial charge in [0.05, 0.1) is 0 Å². The first-order valence-electron chi connectivity index (χ1n) is 5.00. The van der Waals surface area contributed by atoms with Crippen molar-refractivity contribution in [3.63, 3.8) is 0 Å². The van der Waals surface area contributed by atoms with Crippen LogP contribution in [-0.4, -0.2) is 73.5 Å². The van der Waals surface area contributed by atoms with Crippen molar-refractivity contribution in [1.82, 2.24) is 9.80 Å². The van der Waals surface area contributed by atoms with Crippen LogP contribution >= 0.6 is 0 Å². The average Bonchev–Trinajstić information content (AvgIpc) is 2.00. The first kappa shape index (κ1) is 15.4. The van der Waals surface area contributed by atoms with E-state index in [1.165, 1.54) is 0 Å². The van der Waals surface area contributed by atoms with Gasteiger partial charge in [-0.3, -0.25) is 0 Å². The van der Waals surface area contributed by atoms with Gasteiger partial charge >= 0.3 is 99.1 Å². The van der Waals surface area contributed by atoms with E-state index in [0.29, 0.717) is 23.7 Å². The fraction of sp³-hybridized carbons (Fsp3) is 1.00. The van der Waals surface area contributed by atoms with E-state index in [-0.39, 0.29) is 12.2 Å². The van der Waals surface area contributed by atoms with Gasteiger partial charge in [-0.15, -0.1) is 0 Å². The molecule has 0 fully saturated rings. The summed E-state index contributed by atoms with van der Waals surface area (Å²) in [6.07, 6.45) is -0.627. The van der Waals surface area contributed by atoms with Crippen LogP contribution in [0.3, 0.4) is 0 Å². The normalized spacial score (nSPS) is 16.3. The van der Waals surface area contributed by atoms with Gasteiger partial charge in [0.25, 0.3) is 0 Å². The molecule has 0 saturated carbocycles. The third-order valence-corrected chi connectivity index (χ3v) is 3.04. The van der Waals surface area contributed by atoms with Crippen molar-refractivity contribution in [2.45, 2.75) is 22.8 Å². The number of hydrogen-bond donors (Lipinski definition) is 2. The minimum absolute atomic E-state index is 0.313. The van der Waals surface area contributed by atoms with Crippen LogP contribution in [0.5, 0.6) is 0 Å². The summed E-state index contributed by atoms with van der Waals surface area (Å²) in [5.74, 6) is 0. The Morgan fingerprint density at radius 1 is 0.867 bits per heavy atom. The van der Waals surface area contributed by atoms with Gasteiger partial charge in [0.1, 0.15) is 0 Å². The molecule has 0 aliphatic rings. The Morgan fingerprint density at radius 2 is 1.20 bits per heavy atom. The van der Waals surface area contributed by atoms with Crippen molar-refractivity contribution >= 4 is 0 Å². The third kappa shape index (κ3) is 10.6. The van der Waals surface area contributed by atoms with Crippen LogP contribution in [0.4, 0.5) is 0 Å². The molecule has 0 spiro atoms. The fourth-order valence-electron chi connectivity index (χ4n) is 1.17. The summed E-state index contributed by atoms with van der Waals surface area (Å²) < 4.78 is 0. The molecule has 4 nitrogen and oxygen atoms in total. The Hall–Kier alpha value is 0.359. The van der Waals surface area contributed by atoms with Crippen molar-refractivity contribution in [2.75, 3.05) is 41.3 Å². The number of rotatable bonds is 8. The van der Waals surface area contributed by atoms with Gasteiger partial charge in [-0.1, -0.05) is 0 Å². The van der Waals surface area contributed by atoms with Crippen LogP contribution in [0.2, 0.25) is 10.6 Å². The second-order valence-corrected chi connectivity index (χ2v) is 5.47. The molecule has 0 bridgehead atoms. The minimum atomic E-state index is -0.313. The van der Waals surface area contributed by atoms with Gasteiger partial charge in [0.2, 0.25) is 0 Å². The maximum atomic E-state index is 9.56. The molecule has 0 aliphatic carbocycles. The van der Waals surface area contributed by atoms with E-state index in [2.05, 4.69) is 0 Å². The Kier molecular flexibility index (Phi) is 8.71. The van der Waals surface area contributed by atoms with Gasteiger partial charge < -0.3 is 0 Å². The molecule has 0 aromatic carbocycles. The van der Waals surface area contributed by atoms with Gasteiger partial charge in [-0.25, -0.2) is 0 Å². The zero-order chi connectivity index (χ0) is 11.8. The molecule has 15 heavy (non-hydrogen) atoms. The molecule has 0 amide bonds.